The summed E-state index contributed by atoms with van der Waals surface area (Å²) < 4.78 is 14.9. The third-order valence-corrected chi connectivity index (χ3v) is 3.22. The first kappa shape index (κ1) is 15.2. The summed E-state index contributed by atoms with van der Waals surface area (Å²) in [5.41, 5.74) is 0.487. The van der Waals surface area contributed by atoms with Crippen LogP contribution in [0, 0.1) is 5.92 Å². The average Bonchev–Trinajstić information content (AvgIpc) is 2.46. The van der Waals surface area contributed by atoms with E-state index in [0.717, 1.165) is 0 Å². The van der Waals surface area contributed by atoms with Crippen molar-refractivity contribution >= 4 is 11.9 Å². The summed E-state index contributed by atoms with van der Waals surface area (Å²) in [6.45, 7) is 1.59. The Balaban J connectivity index is 1.91. The molecular weight excluding hydrogens is 276 g/mol. The van der Waals surface area contributed by atoms with Crippen molar-refractivity contribution in [1.82, 2.24) is 9.88 Å². The molecule has 0 unspecified atom stereocenters. The quantitative estimate of drug-likeness (QED) is 0.556. The van der Waals surface area contributed by atoms with Crippen molar-refractivity contribution in [2.75, 3.05) is 40.5 Å². The predicted molar refractivity (Wildman–Crippen MR) is 73.0 cm³/mol. The van der Waals surface area contributed by atoms with Gasteiger partial charge in [-0.15, -0.1) is 0 Å². The molecule has 7 nitrogen and oxygen atoms in total. The van der Waals surface area contributed by atoms with Gasteiger partial charge in [-0.25, -0.2) is 4.98 Å². The molecule has 2 rings (SSSR count). The van der Waals surface area contributed by atoms with Crippen LogP contribution >= 0.6 is 0 Å². The van der Waals surface area contributed by atoms with Crippen LogP contribution in [0.1, 0.15) is 10.4 Å². The second-order valence-corrected chi connectivity index (χ2v) is 4.65. The van der Waals surface area contributed by atoms with Gasteiger partial charge in [0.05, 0.1) is 19.6 Å². The lowest BCUT2D eigenvalue weighted by Crippen LogP contribution is -2.53. The highest BCUT2D eigenvalue weighted by Crippen LogP contribution is 2.20. The first-order valence-corrected chi connectivity index (χ1v) is 6.60. The van der Waals surface area contributed by atoms with Crippen molar-refractivity contribution in [3.05, 3.63) is 23.9 Å². The van der Waals surface area contributed by atoms with Crippen LogP contribution in [-0.4, -0.2) is 62.3 Å². The number of pyridine rings is 1. The van der Waals surface area contributed by atoms with Gasteiger partial charge in [0, 0.05) is 38.0 Å². The Morgan fingerprint density at radius 1 is 1.33 bits per heavy atom. The number of esters is 1. The van der Waals surface area contributed by atoms with Crippen molar-refractivity contribution in [1.29, 1.82) is 0 Å². The molecule has 1 fully saturated rings. The van der Waals surface area contributed by atoms with Crippen LogP contribution in [0.3, 0.4) is 0 Å². The van der Waals surface area contributed by atoms with Gasteiger partial charge in [0.25, 0.3) is 5.91 Å². The molecule has 1 aromatic rings. The van der Waals surface area contributed by atoms with Crippen molar-refractivity contribution in [2.45, 2.75) is 0 Å². The van der Waals surface area contributed by atoms with Gasteiger partial charge < -0.3 is 19.1 Å². The molecular formula is C14H18N2O5. The molecule has 1 aliphatic heterocycles. The molecule has 0 N–H and O–H groups in total. The van der Waals surface area contributed by atoms with Gasteiger partial charge in [-0.2, -0.15) is 0 Å². The first-order valence-electron chi connectivity index (χ1n) is 6.60. The van der Waals surface area contributed by atoms with E-state index in [2.05, 4.69) is 9.72 Å². The lowest BCUT2D eigenvalue weighted by Gasteiger charge is -2.37. The molecule has 0 aliphatic carbocycles. The molecule has 0 saturated carbocycles. The zero-order chi connectivity index (χ0) is 15.2. The number of nitrogens with zero attached hydrogens (tertiary/aromatic N) is 2. The number of aromatic nitrogens is 1. The van der Waals surface area contributed by atoms with Crippen LogP contribution in [0.5, 0.6) is 5.88 Å². The van der Waals surface area contributed by atoms with E-state index in [0.29, 0.717) is 37.7 Å². The Morgan fingerprint density at radius 2 is 2.10 bits per heavy atom. The maximum absolute atomic E-state index is 12.2. The molecule has 1 amide bonds. The second-order valence-electron chi connectivity index (χ2n) is 4.65. The van der Waals surface area contributed by atoms with E-state index >= 15 is 0 Å². The Morgan fingerprint density at radius 3 is 2.76 bits per heavy atom. The number of methoxy groups -OCH3 is 2. The van der Waals surface area contributed by atoms with Crippen LogP contribution in [0.15, 0.2) is 18.3 Å². The Hall–Kier alpha value is -2.15. The molecule has 1 saturated heterocycles. The van der Waals surface area contributed by atoms with E-state index in [1.165, 1.54) is 13.3 Å². The number of rotatable bonds is 6. The monoisotopic (exact) mass is 294 g/mol. The highest BCUT2D eigenvalue weighted by molar-refractivity contribution is 5.95. The summed E-state index contributed by atoms with van der Waals surface area (Å²) >= 11 is 0. The van der Waals surface area contributed by atoms with E-state index < -0.39 is 0 Å². The summed E-state index contributed by atoms with van der Waals surface area (Å²) in [5.74, 6) is -0.271. The molecule has 1 aromatic heterocycles. The Labute approximate surface area is 122 Å². The molecule has 0 radical (unpaired) electrons. The smallest absolute Gasteiger partial charge is 0.312 e. The van der Waals surface area contributed by atoms with Crippen molar-refractivity contribution < 1.29 is 23.8 Å². The zero-order valence-electron chi connectivity index (χ0n) is 12.1. The Bertz CT molecular complexity index is 514. The molecule has 0 atom stereocenters. The van der Waals surface area contributed by atoms with Gasteiger partial charge >= 0.3 is 5.97 Å². The number of amides is 1. The molecule has 21 heavy (non-hydrogen) atoms. The normalized spacial score (nSPS) is 14.5. The van der Waals surface area contributed by atoms with Gasteiger partial charge in [0.15, 0.2) is 0 Å². The van der Waals surface area contributed by atoms with Gasteiger partial charge in [-0.05, 0) is 6.07 Å². The maximum Gasteiger partial charge on any atom is 0.312 e. The zero-order valence-corrected chi connectivity index (χ0v) is 12.1. The summed E-state index contributed by atoms with van der Waals surface area (Å²) in [6, 6.07) is 3.21. The van der Waals surface area contributed by atoms with Crippen LogP contribution in [0.4, 0.5) is 0 Å². The molecule has 0 aromatic carbocycles. The lowest BCUT2D eigenvalue weighted by molar-refractivity contribution is -0.149. The average molecular weight is 294 g/mol. The fourth-order valence-electron chi connectivity index (χ4n) is 1.99. The van der Waals surface area contributed by atoms with Gasteiger partial charge in [-0.1, -0.05) is 0 Å². The van der Waals surface area contributed by atoms with Gasteiger partial charge in [0.1, 0.15) is 6.61 Å². The standard InChI is InChI=1S/C14H18N2O5/c1-19-5-6-21-12-7-10(3-4-15-12)13(17)16-8-11(9-16)14(18)20-2/h3-4,7,11H,5-6,8-9H2,1-2H3. The van der Waals surface area contributed by atoms with E-state index in [9.17, 15) is 9.59 Å². The van der Waals surface area contributed by atoms with E-state index in [4.69, 9.17) is 9.47 Å². The summed E-state index contributed by atoms with van der Waals surface area (Å²) in [5, 5.41) is 0. The highest BCUT2D eigenvalue weighted by atomic mass is 16.5. The summed E-state index contributed by atoms with van der Waals surface area (Å²) in [7, 11) is 2.93. The number of carbonyl (C=O) groups excluding carboxylic acids is 2. The van der Waals surface area contributed by atoms with Crippen molar-refractivity contribution in [3.8, 4) is 5.88 Å². The summed E-state index contributed by atoms with van der Waals surface area (Å²) in [6.07, 6.45) is 1.52. The van der Waals surface area contributed by atoms with Gasteiger partial charge in [-0.3, -0.25) is 9.59 Å². The molecule has 2 heterocycles. The van der Waals surface area contributed by atoms with Crippen LogP contribution in [0.2, 0.25) is 0 Å². The number of likely N-dealkylation sites (tertiary alicyclic amines) is 1. The minimum absolute atomic E-state index is 0.144. The van der Waals surface area contributed by atoms with Crippen LogP contribution in [0.25, 0.3) is 0 Å². The van der Waals surface area contributed by atoms with E-state index in [-0.39, 0.29) is 17.8 Å². The highest BCUT2D eigenvalue weighted by Gasteiger charge is 2.36. The Kier molecular flexibility index (Phi) is 5.10. The van der Waals surface area contributed by atoms with E-state index in [1.54, 1.807) is 24.1 Å². The largest absolute Gasteiger partial charge is 0.475 e. The third-order valence-electron chi connectivity index (χ3n) is 3.22. The molecule has 114 valence electrons. The second kappa shape index (κ2) is 7.03. The number of hydrogen-bond donors (Lipinski definition) is 0. The number of hydrogen-bond acceptors (Lipinski definition) is 6. The van der Waals surface area contributed by atoms with E-state index in [1.807, 2.05) is 0 Å². The topological polar surface area (TPSA) is 78.0 Å². The fourth-order valence-corrected chi connectivity index (χ4v) is 1.99. The number of ether oxygens (including phenoxy) is 3. The summed E-state index contributed by atoms with van der Waals surface area (Å²) in [4.78, 5) is 29.2. The molecule has 7 heteroatoms. The van der Waals surface area contributed by atoms with Crippen molar-refractivity contribution in [2.24, 2.45) is 5.92 Å². The van der Waals surface area contributed by atoms with Crippen LogP contribution in [-0.2, 0) is 14.3 Å². The fraction of sp³-hybridized carbons (Fsp3) is 0.500. The molecule has 0 bridgehead atoms. The maximum atomic E-state index is 12.2. The predicted octanol–water partition coefficient (Wildman–Crippen LogP) is 0.352. The minimum Gasteiger partial charge on any atom is -0.475 e. The molecule has 1 aliphatic rings. The first-order chi connectivity index (χ1) is 10.2. The van der Waals surface area contributed by atoms with Crippen molar-refractivity contribution in [3.63, 3.8) is 0 Å². The minimum atomic E-state index is -0.280. The third kappa shape index (κ3) is 3.69. The SMILES string of the molecule is COCCOc1cc(C(=O)N2CC(C(=O)OC)C2)ccn1. The van der Waals surface area contributed by atoms with Crippen LogP contribution < -0.4 is 4.74 Å². The van der Waals surface area contributed by atoms with Gasteiger partial charge in [0.2, 0.25) is 5.88 Å². The number of carbonyl (C=O) groups is 2. The molecule has 0 spiro atoms. The lowest BCUT2D eigenvalue weighted by atomic mass is 9.99.